The number of hydrogen-bond donors (Lipinski definition) is 1. The Bertz CT molecular complexity index is 996. The predicted molar refractivity (Wildman–Crippen MR) is 82.7 cm³/mol. The first-order valence-corrected chi connectivity index (χ1v) is 6.76. The highest BCUT2D eigenvalue weighted by atomic mass is 19.1. The molecular formula is C16H14FN5O. The Morgan fingerprint density at radius 1 is 1.48 bits per heavy atom. The number of rotatable bonds is 4. The van der Waals surface area contributed by atoms with Gasteiger partial charge >= 0.3 is 0 Å². The first-order valence-electron chi connectivity index (χ1n) is 8.26. The summed E-state index contributed by atoms with van der Waals surface area (Å²) in [5.41, 5.74) is 1.03. The zero-order valence-electron chi connectivity index (χ0n) is 15.1. The van der Waals surface area contributed by atoms with Gasteiger partial charge in [0.2, 0.25) is 0 Å². The van der Waals surface area contributed by atoms with E-state index < -0.39 is 18.9 Å². The summed E-state index contributed by atoms with van der Waals surface area (Å²) in [6.45, 7) is 1.72. The van der Waals surface area contributed by atoms with Gasteiger partial charge < -0.3 is 10.1 Å². The number of anilines is 1. The van der Waals surface area contributed by atoms with Gasteiger partial charge in [-0.2, -0.15) is 10.4 Å². The minimum Gasteiger partial charge on any atom is -0.496 e. The third-order valence-electron chi connectivity index (χ3n) is 3.40. The van der Waals surface area contributed by atoms with Crippen LogP contribution in [0.3, 0.4) is 0 Å². The van der Waals surface area contributed by atoms with Crippen LogP contribution in [0.4, 0.5) is 10.2 Å². The molecule has 0 aliphatic rings. The van der Waals surface area contributed by atoms with E-state index in [1.54, 1.807) is 19.2 Å². The van der Waals surface area contributed by atoms with Crippen LogP contribution in [-0.2, 0) is 0 Å². The number of aromatic nitrogens is 3. The smallest absolute Gasteiger partial charge is 0.175 e. The van der Waals surface area contributed by atoms with Crippen molar-refractivity contribution in [2.24, 2.45) is 0 Å². The van der Waals surface area contributed by atoms with Gasteiger partial charge in [0.15, 0.2) is 5.65 Å². The van der Waals surface area contributed by atoms with Gasteiger partial charge in [-0.3, -0.25) is 0 Å². The number of ether oxygens (including phenoxy) is 1. The summed E-state index contributed by atoms with van der Waals surface area (Å²) in [5, 5.41) is 16.1. The van der Waals surface area contributed by atoms with Gasteiger partial charge in [-0.1, -0.05) is 0 Å². The third-order valence-corrected chi connectivity index (χ3v) is 3.40. The maximum absolute atomic E-state index is 13.7. The van der Waals surface area contributed by atoms with Crippen molar-refractivity contribution in [3.63, 3.8) is 0 Å². The van der Waals surface area contributed by atoms with Crippen LogP contribution >= 0.6 is 0 Å². The second-order valence-electron chi connectivity index (χ2n) is 4.90. The Labute approximate surface area is 136 Å². The topological polar surface area (TPSA) is 75.2 Å². The first kappa shape index (κ1) is 11.4. The monoisotopic (exact) mass is 314 g/mol. The minimum absolute atomic E-state index is 0.0505. The number of fused-ring (bicyclic) bond motifs is 1. The number of methoxy groups -OCH3 is 1. The van der Waals surface area contributed by atoms with Crippen LogP contribution in [0.15, 0.2) is 36.7 Å². The number of nitrogens with zero attached hydrogens (tertiary/aromatic N) is 4. The van der Waals surface area contributed by atoms with Gasteiger partial charge in [0, 0.05) is 11.8 Å². The fourth-order valence-electron chi connectivity index (χ4n) is 2.28. The quantitative estimate of drug-likeness (QED) is 0.801. The highest BCUT2D eigenvalue weighted by Crippen LogP contribution is 2.28. The van der Waals surface area contributed by atoms with Crippen molar-refractivity contribution < 1.29 is 13.2 Å². The molecule has 0 fully saturated rings. The lowest BCUT2D eigenvalue weighted by Crippen LogP contribution is -2.10. The lowest BCUT2D eigenvalue weighted by Gasteiger charge is -2.18. The van der Waals surface area contributed by atoms with Crippen LogP contribution in [0, 0.1) is 17.1 Å². The molecule has 116 valence electrons. The van der Waals surface area contributed by atoms with Crippen molar-refractivity contribution >= 4 is 11.5 Å². The molecule has 0 spiro atoms. The van der Waals surface area contributed by atoms with Gasteiger partial charge in [0.05, 0.1) is 23.4 Å². The van der Waals surface area contributed by atoms with E-state index in [-0.39, 0.29) is 5.75 Å². The van der Waals surface area contributed by atoms with Crippen LogP contribution in [0.25, 0.3) is 5.65 Å². The molecule has 2 aromatic heterocycles. The molecule has 0 saturated carbocycles. The highest BCUT2D eigenvalue weighted by molar-refractivity contribution is 5.57. The molecule has 0 aliphatic carbocycles. The van der Waals surface area contributed by atoms with Gasteiger partial charge in [0.25, 0.3) is 0 Å². The van der Waals surface area contributed by atoms with Crippen molar-refractivity contribution in [3.05, 3.63) is 53.6 Å². The second-order valence-corrected chi connectivity index (χ2v) is 4.90. The van der Waals surface area contributed by atoms with E-state index in [2.05, 4.69) is 15.4 Å². The number of benzene rings is 1. The molecule has 1 aromatic carbocycles. The Balaban J connectivity index is 1.91. The van der Waals surface area contributed by atoms with Gasteiger partial charge in [-0.05, 0) is 31.2 Å². The minimum atomic E-state index is -2.65. The van der Waals surface area contributed by atoms with Crippen LogP contribution in [0.2, 0.25) is 0 Å². The molecule has 0 amide bonds. The lowest BCUT2D eigenvalue weighted by molar-refractivity contribution is 0.406. The molecule has 1 N–H and O–H groups in total. The molecule has 23 heavy (non-hydrogen) atoms. The summed E-state index contributed by atoms with van der Waals surface area (Å²) in [4.78, 5) is 4.32. The zero-order valence-corrected chi connectivity index (χ0v) is 12.1. The van der Waals surface area contributed by atoms with Gasteiger partial charge in [-0.25, -0.2) is 13.9 Å². The van der Waals surface area contributed by atoms with Crippen LogP contribution in [0.5, 0.6) is 5.75 Å². The van der Waals surface area contributed by atoms with Gasteiger partial charge in [0.1, 0.15) is 29.0 Å². The summed E-state index contributed by atoms with van der Waals surface area (Å²) in [6, 6.07) is 6.74. The number of nitriles is 1. The summed E-state index contributed by atoms with van der Waals surface area (Å²) >= 11 is 0. The van der Waals surface area contributed by atoms with Crippen molar-refractivity contribution in [2.75, 3.05) is 12.4 Å². The Morgan fingerprint density at radius 3 is 3.13 bits per heavy atom. The van der Waals surface area contributed by atoms with E-state index >= 15 is 0 Å². The fourth-order valence-corrected chi connectivity index (χ4v) is 2.28. The molecule has 3 rings (SSSR count). The van der Waals surface area contributed by atoms with Crippen LogP contribution in [0.1, 0.15) is 28.2 Å². The highest BCUT2D eigenvalue weighted by Gasteiger charge is 2.14. The Morgan fingerprint density at radius 2 is 2.35 bits per heavy atom. The predicted octanol–water partition coefficient (Wildman–Crippen LogP) is 2.92. The van der Waals surface area contributed by atoms with E-state index in [0.717, 1.165) is 6.07 Å². The van der Waals surface area contributed by atoms with Crippen LogP contribution < -0.4 is 10.1 Å². The fraction of sp³-hybridized carbons (Fsp3) is 0.188. The number of nitrogens with one attached hydrogen (secondary N) is 1. The number of hydrogen-bond acceptors (Lipinski definition) is 5. The van der Waals surface area contributed by atoms with E-state index in [1.807, 2.05) is 6.07 Å². The molecule has 1 atom stereocenters. The summed E-state index contributed by atoms with van der Waals surface area (Å²) in [6.07, 6.45) is 3.04. The summed E-state index contributed by atoms with van der Waals surface area (Å²) < 4.78 is 41.8. The molecule has 7 heteroatoms. The molecule has 0 radical (unpaired) electrons. The molecule has 3 aromatic rings. The zero-order chi connectivity index (χ0) is 18.9. The second kappa shape index (κ2) is 5.93. The standard InChI is InChI=1S/C16H14FN5O/c1-10(13-7-12(17)3-4-14(13)23-2)20-15-5-6-22-16(21-15)11(8-18)9-19-22/h3-7,9-10H,1-2H3,(H,20,21)/t10-/m1/s1/i2D3. The van der Waals surface area contributed by atoms with Crippen molar-refractivity contribution in [1.82, 2.24) is 14.6 Å². The maximum atomic E-state index is 13.7. The van der Waals surface area contributed by atoms with E-state index in [9.17, 15) is 4.39 Å². The summed E-state index contributed by atoms with van der Waals surface area (Å²) in [5.74, 6) is -0.0434. The average molecular weight is 314 g/mol. The Hall–Kier alpha value is -3.14. The summed E-state index contributed by atoms with van der Waals surface area (Å²) in [7, 11) is -2.65. The molecule has 6 nitrogen and oxygen atoms in total. The van der Waals surface area contributed by atoms with Crippen LogP contribution in [-0.4, -0.2) is 21.6 Å². The first-order chi connectivity index (χ1) is 12.3. The SMILES string of the molecule is [2H]C([2H])([2H])Oc1ccc(F)cc1[C@@H](C)Nc1ccn2ncc(C#N)c2n1. The van der Waals surface area contributed by atoms with Gasteiger partial charge in [-0.15, -0.1) is 0 Å². The molecule has 0 unspecified atom stereocenters. The lowest BCUT2D eigenvalue weighted by atomic mass is 10.1. The normalized spacial score (nSPS) is 14.4. The largest absolute Gasteiger partial charge is 0.496 e. The van der Waals surface area contributed by atoms with E-state index in [4.69, 9.17) is 14.1 Å². The molecule has 2 heterocycles. The third kappa shape index (κ3) is 2.79. The molecule has 0 bridgehead atoms. The molecule has 0 saturated heterocycles. The van der Waals surface area contributed by atoms with Crippen molar-refractivity contribution in [3.8, 4) is 11.8 Å². The van der Waals surface area contributed by atoms with E-state index in [0.29, 0.717) is 22.6 Å². The van der Waals surface area contributed by atoms with E-state index in [1.165, 1.54) is 22.8 Å². The van der Waals surface area contributed by atoms with Crippen molar-refractivity contribution in [2.45, 2.75) is 13.0 Å². The van der Waals surface area contributed by atoms with Crippen molar-refractivity contribution in [1.29, 1.82) is 5.26 Å². The Kier molecular flexibility index (Phi) is 2.95. The average Bonchev–Trinajstić information content (AvgIpc) is 2.97. The number of halogens is 1. The molecular weight excluding hydrogens is 297 g/mol. The molecule has 0 aliphatic heterocycles. The maximum Gasteiger partial charge on any atom is 0.175 e.